The van der Waals surface area contributed by atoms with Crippen LogP contribution in [-0.2, 0) is 5.41 Å². The Hall–Kier alpha value is -7.62. The highest BCUT2D eigenvalue weighted by Gasteiger charge is 2.36. The molecule has 9 aromatic carbocycles. The van der Waals surface area contributed by atoms with Crippen molar-refractivity contribution in [1.82, 2.24) is 8.97 Å². The molecular formula is C57H39N3. The summed E-state index contributed by atoms with van der Waals surface area (Å²) < 4.78 is 4.88. The molecule has 3 heteroatoms. The van der Waals surface area contributed by atoms with Crippen LogP contribution in [0.3, 0.4) is 0 Å². The molecule has 12 aromatic rings. The summed E-state index contributed by atoms with van der Waals surface area (Å²) in [5.74, 6) is 0. The summed E-state index contributed by atoms with van der Waals surface area (Å²) in [5, 5.41) is 7.61. The molecule has 0 saturated heterocycles. The van der Waals surface area contributed by atoms with E-state index in [-0.39, 0.29) is 5.41 Å². The number of hydrogen-bond acceptors (Lipinski definition) is 1. The zero-order valence-corrected chi connectivity index (χ0v) is 33.4. The highest BCUT2D eigenvalue weighted by atomic mass is 15.1. The molecule has 282 valence electrons. The lowest BCUT2D eigenvalue weighted by molar-refractivity contribution is 0.660. The van der Waals surface area contributed by atoms with Crippen molar-refractivity contribution < 1.29 is 0 Å². The summed E-state index contributed by atoms with van der Waals surface area (Å²) >= 11 is 0. The van der Waals surface area contributed by atoms with Crippen molar-refractivity contribution in [3.8, 4) is 27.9 Å². The number of nitrogens with zero attached hydrogens (tertiary/aromatic N) is 3. The monoisotopic (exact) mass is 765 g/mol. The van der Waals surface area contributed by atoms with E-state index in [4.69, 9.17) is 0 Å². The first-order chi connectivity index (χ1) is 29.6. The van der Waals surface area contributed by atoms with Gasteiger partial charge >= 0.3 is 0 Å². The van der Waals surface area contributed by atoms with Crippen LogP contribution in [-0.4, -0.2) is 8.97 Å². The zero-order chi connectivity index (χ0) is 39.7. The number of fused-ring (bicyclic) bond motifs is 12. The number of aromatic nitrogens is 2. The Morgan fingerprint density at radius 2 is 1.00 bits per heavy atom. The van der Waals surface area contributed by atoms with Crippen LogP contribution in [0.2, 0.25) is 0 Å². The summed E-state index contributed by atoms with van der Waals surface area (Å²) in [6.45, 7) is 4.71. The Bertz CT molecular complexity index is 3680. The molecule has 0 radical (unpaired) electrons. The largest absolute Gasteiger partial charge is 0.310 e. The molecule has 3 nitrogen and oxygen atoms in total. The van der Waals surface area contributed by atoms with Gasteiger partial charge in [-0.3, -0.25) is 0 Å². The molecule has 60 heavy (non-hydrogen) atoms. The molecule has 3 aromatic heterocycles. The first-order valence-corrected chi connectivity index (χ1v) is 20.9. The van der Waals surface area contributed by atoms with Crippen LogP contribution in [0.1, 0.15) is 25.0 Å². The molecule has 0 unspecified atom stereocenters. The van der Waals surface area contributed by atoms with Gasteiger partial charge < -0.3 is 13.9 Å². The molecule has 1 aliphatic carbocycles. The molecule has 0 bridgehead atoms. The van der Waals surface area contributed by atoms with Gasteiger partial charge in [0.1, 0.15) is 0 Å². The predicted octanol–water partition coefficient (Wildman–Crippen LogP) is 15.4. The second-order valence-electron chi connectivity index (χ2n) is 16.9. The maximum Gasteiger partial charge on any atom is 0.0641 e. The van der Waals surface area contributed by atoms with Crippen LogP contribution in [0.15, 0.2) is 200 Å². The fourth-order valence-corrected chi connectivity index (χ4v) is 10.8. The third-order valence-electron chi connectivity index (χ3n) is 13.4. The minimum atomic E-state index is -0.0749. The van der Waals surface area contributed by atoms with Crippen molar-refractivity contribution in [2.24, 2.45) is 0 Å². The van der Waals surface area contributed by atoms with Gasteiger partial charge in [-0.25, -0.2) is 0 Å². The molecule has 0 atom stereocenters. The van der Waals surface area contributed by atoms with E-state index in [9.17, 15) is 0 Å². The van der Waals surface area contributed by atoms with E-state index in [0.717, 1.165) is 17.1 Å². The van der Waals surface area contributed by atoms with E-state index in [1.54, 1.807) is 0 Å². The van der Waals surface area contributed by atoms with E-state index in [1.807, 2.05) is 0 Å². The number of rotatable bonds is 5. The normalized spacial score (nSPS) is 13.3. The molecule has 13 rings (SSSR count). The van der Waals surface area contributed by atoms with Crippen LogP contribution < -0.4 is 4.90 Å². The van der Waals surface area contributed by atoms with Gasteiger partial charge in [0.25, 0.3) is 0 Å². The molecule has 0 N–H and O–H groups in total. The molecule has 1 aliphatic rings. The van der Waals surface area contributed by atoms with Gasteiger partial charge in [0, 0.05) is 54.8 Å². The number of benzene rings is 9. The summed E-state index contributed by atoms with van der Waals surface area (Å²) in [6.07, 6.45) is 0. The molecule has 0 spiro atoms. The van der Waals surface area contributed by atoms with Crippen molar-refractivity contribution >= 4 is 77.0 Å². The lowest BCUT2D eigenvalue weighted by Gasteiger charge is -2.28. The Labute approximate surface area is 347 Å². The predicted molar refractivity (Wildman–Crippen MR) is 253 cm³/mol. The number of anilines is 3. The van der Waals surface area contributed by atoms with Gasteiger partial charge in [0.05, 0.1) is 33.3 Å². The topological polar surface area (TPSA) is 12.6 Å². The average molecular weight is 766 g/mol. The summed E-state index contributed by atoms with van der Waals surface area (Å²) in [4.78, 5) is 2.50. The highest BCUT2D eigenvalue weighted by molar-refractivity contribution is 6.27. The van der Waals surface area contributed by atoms with Gasteiger partial charge in [-0.05, 0) is 100 Å². The smallest absolute Gasteiger partial charge is 0.0641 e. The van der Waals surface area contributed by atoms with Gasteiger partial charge in [-0.15, -0.1) is 0 Å². The number of hydrogen-bond donors (Lipinski definition) is 0. The molecule has 0 fully saturated rings. The standard InChI is InChI=1S/C57H39N3/c1-57(2)47-22-10-6-17-41(47)46-35-39(31-33-48(46)57)58(53-34-32-43-42-18-7-11-23-49(42)60-51-25-13-9-20-45(51)55(53)56(43)60)38-29-27-36(28-30-38)40-21-14-26-52-54(40)44-19-8-12-24-50(44)59(52)37-15-4-3-5-16-37/h3-35H,1-2H3. The third kappa shape index (κ3) is 4.44. The van der Waals surface area contributed by atoms with Gasteiger partial charge in [-0.1, -0.05) is 147 Å². The second-order valence-corrected chi connectivity index (χ2v) is 16.9. The maximum absolute atomic E-state index is 2.50. The molecule has 0 aliphatic heterocycles. The molecule has 0 saturated carbocycles. The Balaban J connectivity index is 1.05. The van der Waals surface area contributed by atoms with Crippen molar-refractivity contribution in [3.63, 3.8) is 0 Å². The summed E-state index contributed by atoms with van der Waals surface area (Å²) in [7, 11) is 0. The van der Waals surface area contributed by atoms with Gasteiger partial charge in [0.15, 0.2) is 0 Å². The first-order valence-electron chi connectivity index (χ1n) is 20.9. The first kappa shape index (κ1) is 33.4. The minimum absolute atomic E-state index is 0.0749. The van der Waals surface area contributed by atoms with E-state index in [0.29, 0.717) is 0 Å². The third-order valence-corrected chi connectivity index (χ3v) is 13.4. The fraction of sp³-hybridized carbons (Fsp3) is 0.0526. The average Bonchev–Trinajstić information content (AvgIpc) is 4.00. The summed E-state index contributed by atoms with van der Waals surface area (Å²) in [6, 6.07) is 74.1. The molecular weight excluding hydrogens is 727 g/mol. The second kappa shape index (κ2) is 12.2. The van der Waals surface area contributed by atoms with Crippen LogP contribution >= 0.6 is 0 Å². The molecule has 3 heterocycles. The Morgan fingerprint density at radius 1 is 0.400 bits per heavy atom. The lowest BCUT2D eigenvalue weighted by Crippen LogP contribution is -2.15. The number of para-hydroxylation sites is 4. The molecule has 0 amide bonds. The van der Waals surface area contributed by atoms with Crippen LogP contribution in [0, 0.1) is 0 Å². The quantitative estimate of drug-likeness (QED) is 0.170. The van der Waals surface area contributed by atoms with Crippen molar-refractivity contribution in [1.29, 1.82) is 0 Å². The Kier molecular flexibility index (Phi) is 6.78. The van der Waals surface area contributed by atoms with Gasteiger partial charge in [0.2, 0.25) is 0 Å². The van der Waals surface area contributed by atoms with E-state index in [1.165, 1.54) is 99.0 Å². The lowest BCUT2D eigenvalue weighted by atomic mass is 9.82. The summed E-state index contributed by atoms with van der Waals surface area (Å²) in [5.41, 5.74) is 18.5. The van der Waals surface area contributed by atoms with Crippen LogP contribution in [0.25, 0.3) is 87.8 Å². The van der Waals surface area contributed by atoms with Crippen molar-refractivity contribution in [2.75, 3.05) is 4.90 Å². The zero-order valence-electron chi connectivity index (χ0n) is 33.4. The van der Waals surface area contributed by atoms with E-state index >= 15 is 0 Å². The SMILES string of the molecule is CC1(C)c2ccccc2-c2cc(N(c3ccc(-c4cccc5c4c4ccccc4n5-c4ccccc4)cc3)c3ccc4c5ccccc5n5c6ccccc6c3c45)ccc21. The van der Waals surface area contributed by atoms with Gasteiger partial charge in [-0.2, -0.15) is 0 Å². The van der Waals surface area contributed by atoms with Crippen molar-refractivity contribution in [2.45, 2.75) is 19.3 Å². The van der Waals surface area contributed by atoms with Crippen molar-refractivity contribution in [3.05, 3.63) is 211 Å². The Morgan fingerprint density at radius 3 is 1.80 bits per heavy atom. The van der Waals surface area contributed by atoms with Crippen LogP contribution in [0.5, 0.6) is 0 Å². The van der Waals surface area contributed by atoms with E-state index < -0.39 is 0 Å². The maximum atomic E-state index is 2.50. The van der Waals surface area contributed by atoms with Crippen LogP contribution in [0.4, 0.5) is 17.1 Å². The van der Waals surface area contributed by atoms with E-state index in [2.05, 4.69) is 228 Å². The highest BCUT2D eigenvalue weighted by Crippen LogP contribution is 2.52. The minimum Gasteiger partial charge on any atom is -0.310 e. The fourth-order valence-electron chi connectivity index (χ4n) is 10.8.